The third-order valence-corrected chi connectivity index (χ3v) is 18.9. The minimum absolute atomic E-state index is 0.107. The van der Waals surface area contributed by atoms with Crippen LogP contribution >= 0.6 is 15.6 Å². The first kappa shape index (κ1) is 90.1. The first-order chi connectivity index (χ1) is 44.5. The molecule has 0 saturated heterocycles. The van der Waals surface area contributed by atoms with Crippen LogP contribution in [-0.2, 0) is 65.4 Å². The normalized spacial score (nSPS) is 14.0. The van der Waals surface area contributed by atoms with E-state index in [0.29, 0.717) is 25.7 Å². The van der Waals surface area contributed by atoms with Gasteiger partial charge in [-0.1, -0.05) is 330 Å². The highest BCUT2D eigenvalue weighted by Crippen LogP contribution is 2.45. The van der Waals surface area contributed by atoms with Gasteiger partial charge in [-0.25, -0.2) is 9.13 Å². The maximum Gasteiger partial charge on any atom is 0.472 e. The first-order valence-corrected chi connectivity index (χ1v) is 41.1. The van der Waals surface area contributed by atoms with Crippen molar-refractivity contribution >= 4 is 39.5 Å². The van der Waals surface area contributed by atoms with Crippen molar-refractivity contribution in [2.75, 3.05) is 39.6 Å². The summed E-state index contributed by atoms with van der Waals surface area (Å²) in [6.07, 6.45) is 54.0. The van der Waals surface area contributed by atoms with Crippen LogP contribution in [0.5, 0.6) is 0 Å². The van der Waals surface area contributed by atoms with Gasteiger partial charge < -0.3 is 33.8 Å². The van der Waals surface area contributed by atoms with Crippen molar-refractivity contribution in [3.8, 4) is 0 Å². The van der Waals surface area contributed by atoms with E-state index in [1.165, 1.54) is 205 Å². The number of phosphoric ester groups is 2. The highest BCUT2D eigenvalue weighted by atomic mass is 31.2. The standard InChI is InChI=1S/C73H142O17P2/c1-6-9-12-15-18-21-24-25-26-27-28-29-30-32-39-44-49-54-59-73(78)90-69(63-84-71(76)57-52-47-42-37-34-33-35-40-45-50-55-66(4)5)65-88-92(81,82)86-61-67(74)60-85-91(79,80)87-64-68(62-83-70(75)56-51-46-41-36-23-20-17-14-11-8-3)89-72(77)58-53-48-43-38-31-22-19-16-13-10-7-2/h66-69,74H,6-65H2,1-5H3,(H,79,80)(H,81,82)/t67-,68+,69+/m0/s1. The smallest absolute Gasteiger partial charge is 0.462 e. The quantitative estimate of drug-likeness (QED) is 0.0222. The van der Waals surface area contributed by atoms with Crippen molar-refractivity contribution in [3.05, 3.63) is 0 Å². The van der Waals surface area contributed by atoms with Crippen molar-refractivity contribution in [2.45, 2.75) is 400 Å². The SMILES string of the molecule is CCCCCCCCCCCCCCCCCCCCC(=O)O[C@H](COC(=O)CCCCCCCCCCCCC(C)C)COP(=O)(O)OC[C@@H](O)COP(=O)(O)OC[C@@H](COC(=O)CCCCCCCCCCCC)OC(=O)CCCCCCCCCCCCC. The molecule has 0 bridgehead atoms. The molecule has 0 aliphatic carbocycles. The molecule has 92 heavy (non-hydrogen) atoms. The molecule has 17 nitrogen and oxygen atoms in total. The molecule has 0 radical (unpaired) electrons. The van der Waals surface area contributed by atoms with Gasteiger partial charge in [0.05, 0.1) is 26.4 Å². The summed E-state index contributed by atoms with van der Waals surface area (Å²) in [5.41, 5.74) is 0. The van der Waals surface area contributed by atoms with Crippen molar-refractivity contribution in [3.63, 3.8) is 0 Å². The summed E-state index contributed by atoms with van der Waals surface area (Å²) >= 11 is 0. The van der Waals surface area contributed by atoms with E-state index >= 15 is 0 Å². The van der Waals surface area contributed by atoms with Gasteiger partial charge in [0.2, 0.25) is 0 Å². The topological polar surface area (TPSA) is 237 Å². The third-order valence-electron chi connectivity index (χ3n) is 17.0. The van der Waals surface area contributed by atoms with Crippen LogP contribution in [0.1, 0.15) is 381 Å². The molecule has 3 N–H and O–H groups in total. The minimum Gasteiger partial charge on any atom is -0.462 e. The van der Waals surface area contributed by atoms with Gasteiger partial charge in [0.25, 0.3) is 0 Å². The van der Waals surface area contributed by atoms with E-state index in [0.717, 1.165) is 95.8 Å². The number of phosphoric acid groups is 2. The van der Waals surface area contributed by atoms with Crippen LogP contribution in [0.2, 0.25) is 0 Å². The van der Waals surface area contributed by atoms with Crippen LogP contribution in [0.25, 0.3) is 0 Å². The Morgan fingerprint density at radius 1 is 0.293 bits per heavy atom. The van der Waals surface area contributed by atoms with E-state index in [1.807, 2.05) is 0 Å². The number of rotatable bonds is 73. The first-order valence-electron chi connectivity index (χ1n) is 38.1. The number of ether oxygens (including phenoxy) is 4. The lowest BCUT2D eigenvalue weighted by molar-refractivity contribution is -0.161. The maximum atomic E-state index is 13.1. The third kappa shape index (κ3) is 66.7. The molecule has 0 saturated carbocycles. The number of carbonyl (C=O) groups is 4. The largest absolute Gasteiger partial charge is 0.472 e. The van der Waals surface area contributed by atoms with E-state index in [2.05, 4.69) is 34.6 Å². The van der Waals surface area contributed by atoms with E-state index in [4.69, 9.17) is 37.0 Å². The Labute approximate surface area is 562 Å². The Morgan fingerprint density at radius 3 is 0.739 bits per heavy atom. The van der Waals surface area contributed by atoms with E-state index in [1.54, 1.807) is 0 Å². The van der Waals surface area contributed by atoms with Gasteiger partial charge >= 0.3 is 39.5 Å². The zero-order valence-corrected chi connectivity index (χ0v) is 61.5. The summed E-state index contributed by atoms with van der Waals surface area (Å²) in [5.74, 6) is -1.36. The molecular formula is C73H142O17P2. The average Bonchev–Trinajstić information content (AvgIpc) is 1.78. The molecule has 0 aliphatic heterocycles. The highest BCUT2D eigenvalue weighted by Gasteiger charge is 2.30. The maximum absolute atomic E-state index is 13.1. The summed E-state index contributed by atoms with van der Waals surface area (Å²) < 4.78 is 68.4. The molecular weight excluding hydrogens is 1210 g/mol. The molecule has 0 heterocycles. The Morgan fingerprint density at radius 2 is 0.500 bits per heavy atom. The molecule has 2 unspecified atom stereocenters. The number of aliphatic hydroxyl groups is 1. The van der Waals surface area contributed by atoms with Gasteiger partial charge in [-0.2, -0.15) is 0 Å². The fourth-order valence-electron chi connectivity index (χ4n) is 11.2. The summed E-state index contributed by atoms with van der Waals surface area (Å²) in [5, 5.41) is 10.6. The summed E-state index contributed by atoms with van der Waals surface area (Å²) in [6.45, 7) is 7.26. The van der Waals surface area contributed by atoms with Gasteiger partial charge in [0, 0.05) is 25.7 Å². The molecule has 0 aromatic carbocycles. The second-order valence-corrected chi connectivity index (χ2v) is 29.7. The molecule has 0 aromatic heterocycles. The van der Waals surface area contributed by atoms with Gasteiger partial charge in [-0.3, -0.25) is 37.3 Å². The summed E-state index contributed by atoms with van der Waals surface area (Å²) in [4.78, 5) is 72.6. The van der Waals surface area contributed by atoms with E-state index in [9.17, 15) is 43.2 Å². The van der Waals surface area contributed by atoms with Crippen LogP contribution in [0.4, 0.5) is 0 Å². The van der Waals surface area contributed by atoms with E-state index in [-0.39, 0.29) is 25.7 Å². The van der Waals surface area contributed by atoms with Gasteiger partial charge in [-0.15, -0.1) is 0 Å². The van der Waals surface area contributed by atoms with Crippen LogP contribution in [0.3, 0.4) is 0 Å². The van der Waals surface area contributed by atoms with Crippen LogP contribution in [0.15, 0.2) is 0 Å². The number of aliphatic hydroxyl groups excluding tert-OH is 1. The Kier molecular flexibility index (Phi) is 64.9. The molecule has 0 aliphatic rings. The Hall–Kier alpha value is -1.94. The number of unbranched alkanes of at least 4 members (excludes halogenated alkanes) is 45. The van der Waals surface area contributed by atoms with Crippen molar-refractivity contribution < 1.29 is 80.2 Å². The second-order valence-electron chi connectivity index (χ2n) is 26.8. The predicted octanol–water partition coefficient (Wildman–Crippen LogP) is 21.3. The molecule has 0 spiro atoms. The molecule has 19 heteroatoms. The number of carbonyl (C=O) groups excluding carboxylic acids is 4. The van der Waals surface area contributed by atoms with Crippen LogP contribution in [-0.4, -0.2) is 96.7 Å². The lowest BCUT2D eigenvalue weighted by atomic mass is 10.0. The predicted molar refractivity (Wildman–Crippen MR) is 372 cm³/mol. The van der Waals surface area contributed by atoms with Gasteiger partial charge in [-0.05, 0) is 31.6 Å². The van der Waals surface area contributed by atoms with Gasteiger partial charge in [0.1, 0.15) is 19.3 Å². The second kappa shape index (κ2) is 66.3. The molecule has 0 aromatic rings. The zero-order valence-electron chi connectivity index (χ0n) is 59.7. The van der Waals surface area contributed by atoms with Crippen LogP contribution < -0.4 is 0 Å². The molecule has 5 atom stereocenters. The lowest BCUT2D eigenvalue weighted by Crippen LogP contribution is -2.30. The average molecular weight is 1350 g/mol. The fraction of sp³-hybridized carbons (Fsp3) is 0.945. The summed E-state index contributed by atoms with van der Waals surface area (Å²) in [7, 11) is -9.90. The number of esters is 4. The lowest BCUT2D eigenvalue weighted by Gasteiger charge is -2.21. The summed E-state index contributed by atoms with van der Waals surface area (Å²) in [6, 6.07) is 0. The van der Waals surface area contributed by atoms with Crippen LogP contribution in [0, 0.1) is 5.92 Å². The molecule has 0 fully saturated rings. The fourth-order valence-corrected chi connectivity index (χ4v) is 12.8. The number of hydrogen-bond acceptors (Lipinski definition) is 15. The molecule has 0 amide bonds. The number of hydrogen-bond donors (Lipinski definition) is 3. The zero-order chi connectivity index (χ0) is 67.7. The van der Waals surface area contributed by atoms with Crippen molar-refractivity contribution in [2.24, 2.45) is 5.92 Å². The van der Waals surface area contributed by atoms with Crippen molar-refractivity contribution in [1.82, 2.24) is 0 Å². The highest BCUT2D eigenvalue weighted by molar-refractivity contribution is 7.47. The van der Waals surface area contributed by atoms with Gasteiger partial charge in [0.15, 0.2) is 12.2 Å². The monoisotopic (exact) mass is 1350 g/mol. The Balaban J connectivity index is 5.22. The molecule has 546 valence electrons. The molecule has 0 rings (SSSR count). The minimum atomic E-state index is -4.95. The van der Waals surface area contributed by atoms with Crippen molar-refractivity contribution in [1.29, 1.82) is 0 Å². The van der Waals surface area contributed by atoms with E-state index < -0.39 is 97.5 Å². The Bertz CT molecular complexity index is 1770.